The highest BCUT2D eigenvalue weighted by atomic mass is 32.1. The molecule has 0 spiro atoms. The second-order valence-electron chi connectivity index (χ2n) is 12.1. The summed E-state index contributed by atoms with van der Waals surface area (Å²) >= 11 is 10.8. The Morgan fingerprint density at radius 1 is 0.659 bits per heavy atom. The van der Waals surface area contributed by atoms with E-state index in [1.165, 1.54) is 116 Å². The summed E-state index contributed by atoms with van der Waals surface area (Å²) in [5.74, 6) is 0. The molecule has 1 aliphatic rings. The Morgan fingerprint density at radius 2 is 1.05 bits per heavy atom. The third kappa shape index (κ3) is 21.1. The van der Waals surface area contributed by atoms with Crippen molar-refractivity contribution in [1.82, 2.24) is 0 Å². The minimum atomic E-state index is -0.964. The van der Waals surface area contributed by atoms with Crippen molar-refractivity contribution in [3.63, 3.8) is 0 Å². The lowest BCUT2D eigenvalue weighted by Crippen LogP contribution is -2.42. The van der Waals surface area contributed by atoms with E-state index in [-0.39, 0.29) is 13.2 Å². The summed E-state index contributed by atoms with van der Waals surface area (Å²) in [5, 5.41) is 22.2. The molecular formula is C34H64O5S2. The highest BCUT2D eigenvalue weighted by Gasteiger charge is 2.42. The molecule has 0 aromatic heterocycles. The van der Waals surface area contributed by atoms with Crippen LogP contribution in [0.1, 0.15) is 168 Å². The van der Waals surface area contributed by atoms with Gasteiger partial charge in [-0.3, -0.25) is 0 Å². The Bertz CT molecular complexity index is 632. The van der Waals surface area contributed by atoms with Gasteiger partial charge in [-0.25, -0.2) is 0 Å². The summed E-state index contributed by atoms with van der Waals surface area (Å²) in [6.07, 6.45) is 26.7. The van der Waals surface area contributed by atoms with Crippen molar-refractivity contribution in [2.75, 3.05) is 13.2 Å². The second-order valence-corrected chi connectivity index (χ2v) is 13.0. The number of hydrogen-bond donors (Lipinski definition) is 2. The van der Waals surface area contributed by atoms with Gasteiger partial charge in [0, 0.05) is 12.8 Å². The topological polar surface area (TPSA) is 68.2 Å². The zero-order valence-corrected chi connectivity index (χ0v) is 28.3. The van der Waals surface area contributed by atoms with Crippen molar-refractivity contribution in [3.8, 4) is 0 Å². The van der Waals surface area contributed by atoms with Crippen LogP contribution >= 0.6 is 24.4 Å². The Kier molecular flexibility index (Phi) is 25.7. The number of thiocarbonyl (C=S) groups is 2. The first-order valence-corrected chi connectivity index (χ1v) is 18.1. The second kappa shape index (κ2) is 27.2. The summed E-state index contributed by atoms with van der Waals surface area (Å²) in [4.78, 5) is 0. The molecule has 0 saturated carbocycles. The summed E-state index contributed by atoms with van der Waals surface area (Å²) < 4.78 is 17.1. The van der Waals surface area contributed by atoms with E-state index in [0.29, 0.717) is 10.1 Å². The van der Waals surface area contributed by atoms with Crippen molar-refractivity contribution < 1.29 is 24.4 Å². The molecule has 1 aliphatic heterocycles. The summed E-state index contributed by atoms with van der Waals surface area (Å²) in [5.41, 5.74) is 0. The molecule has 242 valence electrons. The quantitative estimate of drug-likeness (QED) is 0.0670. The number of rotatable bonds is 28. The SMILES string of the molecule is CCCCCCCCCCCCCC(=S)OC[C@H](O)[C@H]1OC[C@@H](OC(=S)CCCCCCCCCCCCC)[C@H]1O. The smallest absolute Gasteiger partial charge is 0.160 e. The Balaban J connectivity index is 2.03. The van der Waals surface area contributed by atoms with E-state index in [1.54, 1.807) is 0 Å². The fraction of sp³-hybridized carbons (Fsp3) is 0.941. The van der Waals surface area contributed by atoms with E-state index >= 15 is 0 Å². The van der Waals surface area contributed by atoms with Gasteiger partial charge in [-0.1, -0.05) is 142 Å². The minimum Gasteiger partial charge on any atom is -0.484 e. The lowest BCUT2D eigenvalue weighted by molar-refractivity contribution is -0.0657. The molecule has 1 rings (SSSR count). The molecular weight excluding hydrogens is 553 g/mol. The highest BCUT2D eigenvalue weighted by molar-refractivity contribution is 7.80. The number of aliphatic hydroxyl groups excluding tert-OH is 2. The average Bonchev–Trinajstić information content (AvgIpc) is 3.32. The maximum Gasteiger partial charge on any atom is 0.160 e. The van der Waals surface area contributed by atoms with Gasteiger partial charge >= 0.3 is 0 Å². The van der Waals surface area contributed by atoms with Crippen LogP contribution < -0.4 is 0 Å². The highest BCUT2D eigenvalue weighted by Crippen LogP contribution is 2.22. The van der Waals surface area contributed by atoms with Gasteiger partial charge in [-0.05, 0) is 37.3 Å². The molecule has 0 aromatic rings. The number of aliphatic hydroxyl groups is 2. The van der Waals surface area contributed by atoms with Crippen LogP contribution in [0.25, 0.3) is 0 Å². The molecule has 7 heteroatoms. The largest absolute Gasteiger partial charge is 0.484 e. The molecule has 0 bridgehead atoms. The van der Waals surface area contributed by atoms with Gasteiger partial charge in [0.05, 0.1) is 6.61 Å². The number of unbranched alkanes of at least 4 members (excludes halogenated alkanes) is 20. The first kappa shape index (κ1) is 38.7. The molecule has 41 heavy (non-hydrogen) atoms. The van der Waals surface area contributed by atoms with E-state index in [9.17, 15) is 10.2 Å². The average molecular weight is 617 g/mol. The van der Waals surface area contributed by atoms with Gasteiger partial charge in [0.2, 0.25) is 0 Å². The maximum absolute atomic E-state index is 10.7. The van der Waals surface area contributed by atoms with Crippen LogP contribution in [0.15, 0.2) is 0 Å². The third-order valence-electron chi connectivity index (χ3n) is 8.22. The predicted molar refractivity (Wildman–Crippen MR) is 180 cm³/mol. The van der Waals surface area contributed by atoms with E-state index in [4.69, 9.17) is 38.6 Å². The molecule has 1 saturated heterocycles. The van der Waals surface area contributed by atoms with Crippen LogP contribution in [-0.2, 0) is 14.2 Å². The Labute approximate surface area is 263 Å². The monoisotopic (exact) mass is 616 g/mol. The normalized spacial score (nSPS) is 19.4. The van der Waals surface area contributed by atoms with Crippen LogP contribution in [0.2, 0.25) is 0 Å². The van der Waals surface area contributed by atoms with E-state index < -0.39 is 24.4 Å². The third-order valence-corrected chi connectivity index (χ3v) is 8.84. The van der Waals surface area contributed by atoms with E-state index in [1.807, 2.05) is 0 Å². The number of ether oxygens (including phenoxy) is 3. The van der Waals surface area contributed by atoms with Crippen molar-refractivity contribution in [1.29, 1.82) is 0 Å². The van der Waals surface area contributed by atoms with E-state index in [0.717, 1.165) is 38.5 Å². The van der Waals surface area contributed by atoms with Crippen LogP contribution in [0, 0.1) is 0 Å². The molecule has 0 unspecified atom stereocenters. The van der Waals surface area contributed by atoms with Gasteiger partial charge in [0.15, 0.2) is 16.2 Å². The lowest BCUT2D eigenvalue weighted by Gasteiger charge is -2.23. The fourth-order valence-corrected chi connectivity index (χ4v) is 5.98. The van der Waals surface area contributed by atoms with Crippen molar-refractivity contribution in [3.05, 3.63) is 0 Å². The molecule has 1 heterocycles. The van der Waals surface area contributed by atoms with Crippen LogP contribution in [-0.4, -0.2) is 57.9 Å². The Morgan fingerprint density at radius 3 is 1.49 bits per heavy atom. The Hall–Kier alpha value is -0.340. The van der Waals surface area contributed by atoms with Crippen molar-refractivity contribution in [2.24, 2.45) is 0 Å². The zero-order chi connectivity index (χ0) is 30.0. The van der Waals surface area contributed by atoms with Gasteiger partial charge in [-0.15, -0.1) is 0 Å². The molecule has 2 N–H and O–H groups in total. The van der Waals surface area contributed by atoms with Crippen molar-refractivity contribution >= 4 is 34.5 Å². The summed E-state index contributed by atoms with van der Waals surface area (Å²) in [6, 6.07) is 0. The molecule has 0 aromatic carbocycles. The predicted octanol–water partition coefficient (Wildman–Crippen LogP) is 9.57. The molecule has 0 amide bonds. The van der Waals surface area contributed by atoms with Gasteiger partial charge < -0.3 is 24.4 Å². The summed E-state index contributed by atoms with van der Waals surface area (Å²) in [7, 11) is 0. The minimum absolute atomic E-state index is 0.0223. The molecule has 4 atom stereocenters. The summed E-state index contributed by atoms with van der Waals surface area (Å²) in [6.45, 7) is 4.75. The maximum atomic E-state index is 10.7. The molecule has 1 fully saturated rings. The molecule has 0 aliphatic carbocycles. The molecule has 0 radical (unpaired) electrons. The van der Waals surface area contributed by atoms with Gasteiger partial charge in [-0.2, -0.15) is 0 Å². The van der Waals surface area contributed by atoms with Gasteiger partial charge in [0.1, 0.15) is 24.9 Å². The first-order chi connectivity index (χ1) is 20.0. The fourth-order valence-electron chi connectivity index (χ4n) is 5.50. The standard InChI is InChI=1S/C34H64O5S2/c1-3-5-7-9-11-13-15-17-19-21-23-25-31(40)37-27-29(35)34-33(36)30(28-38-34)39-32(41)26-24-22-20-18-16-14-12-10-8-6-4-2/h29-30,33-36H,3-28H2,1-2H3/t29-,30+,33+,34+/m0/s1. The van der Waals surface area contributed by atoms with Crippen molar-refractivity contribution in [2.45, 2.75) is 192 Å². The van der Waals surface area contributed by atoms with Gasteiger partial charge in [0.25, 0.3) is 0 Å². The van der Waals surface area contributed by atoms with Crippen LogP contribution in [0.3, 0.4) is 0 Å². The molecule has 5 nitrogen and oxygen atoms in total. The zero-order valence-electron chi connectivity index (χ0n) is 26.6. The van der Waals surface area contributed by atoms with Crippen LogP contribution in [0.4, 0.5) is 0 Å². The lowest BCUT2D eigenvalue weighted by atomic mass is 10.1. The van der Waals surface area contributed by atoms with E-state index in [2.05, 4.69) is 13.8 Å². The first-order valence-electron chi connectivity index (χ1n) is 17.3. The van der Waals surface area contributed by atoms with Crippen LogP contribution in [0.5, 0.6) is 0 Å². The number of hydrogen-bond acceptors (Lipinski definition) is 7.